The van der Waals surface area contributed by atoms with E-state index in [2.05, 4.69) is 21.2 Å². The molecular weight excluding hydrogens is 442 g/mol. The minimum absolute atomic E-state index is 0.216. The standard InChI is InChI=1S/C21H18BrNO6/c22-14-1-3-15(4-2-14)26-12-17-6-8-19(29-17)21(24)23-9-10-25-16-5-7-18-20(11-16)28-13-27-18/h1-8,11H,9-10,12-13H2,(H,23,24). The minimum Gasteiger partial charge on any atom is -0.492 e. The van der Waals surface area contributed by atoms with E-state index in [4.69, 9.17) is 23.4 Å². The molecule has 7 nitrogen and oxygen atoms in total. The summed E-state index contributed by atoms with van der Waals surface area (Å²) in [5, 5.41) is 2.76. The lowest BCUT2D eigenvalue weighted by Crippen LogP contribution is -2.27. The van der Waals surface area contributed by atoms with Crippen LogP contribution in [0.15, 0.2) is 63.5 Å². The molecule has 0 bridgehead atoms. The highest BCUT2D eigenvalue weighted by molar-refractivity contribution is 9.10. The van der Waals surface area contributed by atoms with Crippen molar-refractivity contribution in [3.05, 3.63) is 70.6 Å². The second-order valence-corrected chi connectivity index (χ2v) is 7.04. The van der Waals surface area contributed by atoms with Gasteiger partial charge in [0.25, 0.3) is 5.91 Å². The molecule has 3 aromatic rings. The van der Waals surface area contributed by atoms with E-state index in [-0.39, 0.29) is 25.1 Å². The number of carbonyl (C=O) groups excluding carboxylic acids is 1. The van der Waals surface area contributed by atoms with Crippen LogP contribution in [0.3, 0.4) is 0 Å². The zero-order valence-electron chi connectivity index (χ0n) is 15.4. The molecule has 29 heavy (non-hydrogen) atoms. The summed E-state index contributed by atoms with van der Waals surface area (Å²) in [6, 6.07) is 16.2. The lowest BCUT2D eigenvalue weighted by atomic mass is 10.3. The Morgan fingerprint density at radius 3 is 2.62 bits per heavy atom. The van der Waals surface area contributed by atoms with Crippen molar-refractivity contribution in [3.8, 4) is 23.0 Å². The highest BCUT2D eigenvalue weighted by Gasteiger charge is 2.14. The number of furan rings is 1. The zero-order chi connectivity index (χ0) is 20.1. The normalized spacial score (nSPS) is 11.9. The summed E-state index contributed by atoms with van der Waals surface area (Å²) in [6.45, 7) is 1.10. The first-order chi connectivity index (χ1) is 14.2. The van der Waals surface area contributed by atoms with Gasteiger partial charge in [0, 0.05) is 10.5 Å². The van der Waals surface area contributed by atoms with E-state index in [0.29, 0.717) is 36.2 Å². The average molecular weight is 460 g/mol. The fraction of sp³-hybridized carbons (Fsp3) is 0.190. The second kappa shape index (κ2) is 8.91. The van der Waals surface area contributed by atoms with E-state index in [9.17, 15) is 4.79 Å². The first kappa shape index (κ1) is 19.2. The number of hydrogen-bond acceptors (Lipinski definition) is 6. The molecule has 1 N–H and O–H groups in total. The van der Waals surface area contributed by atoms with Crippen molar-refractivity contribution in [1.82, 2.24) is 5.32 Å². The predicted molar refractivity (Wildman–Crippen MR) is 108 cm³/mol. The third-order valence-electron chi connectivity index (χ3n) is 4.08. The van der Waals surface area contributed by atoms with E-state index >= 15 is 0 Å². The molecule has 0 spiro atoms. The van der Waals surface area contributed by atoms with Gasteiger partial charge in [-0.15, -0.1) is 0 Å². The van der Waals surface area contributed by atoms with Gasteiger partial charge in [0.1, 0.15) is 30.5 Å². The van der Waals surface area contributed by atoms with E-state index in [0.717, 1.165) is 10.2 Å². The molecule has 8 heteroatoms. The third-order valence-corrected chi connectivity index (χ3v) is 4.61. The highest BCUT2D eigenvalue weighted by Crippen LogP contribution is 2.35. The summed E-state index contributed by atoms with van der Waals surface area (Å²) in [7, 11) is 0. The van der Waals surface area contributed by atoms with Crippen molar-refractivity contribution >= 4 is 21.8 Å². The van der Waals surface area contributed by atoms with Crippen LogP contribution in [0.4, 0.5) is 0 Å². The second-order valence-electron chi connectivity index (χ2n) is 6.13. The molecule has 0 fully saturated rings. The summed E-state index contributed by atoms with van der Waals surface area (Å²) >= 11 is 3.37. The molecule has 150 valence electrons. The fourth-order valence-corrected chi connectivity index (χ4v) is 2.91. The molecule has 0 saturated heterocycles. The van der Waals surface area contributed by atoms with Crippen LogP contribution in [-0.2, 0) is 6.61 Å². The number of carbonyl (C=O) groups is 1. The Morgan fingerprint density at radius 1 is 0.966 bits per heavy atom. The Kier molecular flexibility index (Phi) is 5.90. The Bertz CT molecular complexity index is 985. The van der Waals surface area contributed by atoms with Crippen LogP contribution in [0.5, 0.6) is 23.0 Å². The molecular formula is C21H18BrNO6. The largest absolute Gasteiger partial charge is 0.492 e. The number of fused-ring (bicyclic) bond motifs is 1. The first-order valence-corrected chi connectivity index (χ1v) is 9.74. The van der Waals surface area contributed by atoms with Crippen LogP contribution in [0.2, 0.25) is 0 Å². The van der Waals surface area contributed by atoms with Gasteiger partial charge in [-0.1, -0.05) is 15.9 Å². The number of rotatable bonds is 8. The topological polar surface area (TPSA) is 79.2 Å². The van der Waals surface area contributed by atoms with Crippen LogP contribution in [0.1, 0.15) is 16.3 Å². The van der Waals surface area contributed by atoms with Crippen molar-refractivity contribution in [3.63, 3.8) is 0 Å². The van der Waals surface area contributed by atoms with Crippen molar-refractivity contribution in [1.29, 1.82) is 0 Å². The lowest BCUT2D eigenvalue weighted by molar-refractivity contribution is 0.0915. The Labute approximate surface area is 175 Å². The molecule has 2 aromatic carbocycles. The molecule has 0 atom stereocenters. The van der Waals surface area contributed by atoms with Crippen LogP contribution >= 0.6 is 15.9 Å². The van der Waals surface area contributed by atoms with E-state index in [1.54, 1.807) is 30.3 Å². The summed E-state index contributed by atoms with van der Waals surface area (Å²) in [6.07, 6.45) is 0. The summed E-state index contributed by atoms with van der Waals surface area (Å²) in [4.78, 5) is 12.2. The third kappa shape index (κ3) is 5.03. The molecule has 2 heterocycles. The molecule has 1 aliphatic rings. The molecule has 1 aromatic heterocycles. The van der Waals surface area contributed by atoms with Crippen LogP contribution in [0.25, 0.3) is 0 Å². The van der Waals surface area contributed by atoms with Gasteiger partial charge in [-0.25, -0.2) is 0 Å². The Hall–Kier alpha value is -3.13. The van der Waals surface area contributed by atoms with Gasteiger partial charge < -0.3 is 28.7 Å². The smallest absolute Gasteiger partial charge is 0.287 e. The Morgan fingerprint density at radius 2 is 1.76 bits per heavy atom. The number of benzene rings is 2. The number of halogens is 1. The van der Waals surface area contributed by atoms with Gasteiger partial charge in [0.05, 0.1) is 6.54 Å². The maximum absolute atomic E-state index is 12.2. The van der Waals surface area contributed by atoms with Crippen LogP contribution < -0.4 is 24.3 Å². The van der Waals surface area contributed by atoms with Crippen molar-refractivity contribution < 1.29 is 28.2 Å². The number of nitrogens with one attached hydrogen (secondary N) is 1. The van der Waals surface area contributed by atoms with Gasteiger partial charge in [0.2, 0.25) is 6.79 Å². The molecule has 1 amide bonds. The highest BCUT2D eigenvalue weighted by atomic mass is 79.9. The van der Waals surface area contributed by atoms with Gasteiger partial charge in [0.15, 0.2) is 17.3 Å². The number of amides is 1. The van der Waals surface area contributed by atoms with Crippen LogP contribution in [-0.4, -0.2) is 25.9 Å². The molecule has 0 radical (unpaired) electrons. The van der Waals surface area contributed by atoms with Crippen molar-refractivity contribution in [2.45, 2.75) is 6.61 Å². The summed E-state index contributed by atoms with van der Waals surface area (Å²) in [5.41, 5.74) is 0. The summed E-state index contributed by atoms with van der Waals surface area (Å²) < 4.78 is 28.3. The molecule has 0 aliphatic carbocycles. The van der Waals surface area contributed by atoms with Gasteiger partial charge in [-0.05, 0) is 48.5 Å². The maximum Gasteiger partial charge on any atom is 0.287 e. The van der Waals surface area contributed by atoms with E-state index < -0.39 is 0 Å². The SMILES string of the molecule is O=C(NCCOc1ccc2c(c1)OCO2)c1ccc(COc2ccc(Br)cc2)o1. The minimum atomic E-state index is -0.311. The molecule has 0 unspecified atom stereocenters. The number of ether oxygens (including phenoxy) is 4. The maximum atomic E-state index is 12.2. The van der Waals surface area contributed by atoms with Gasteiger partial charge >= 0.3 is 0 Å². The molecule has 1 aliphatic heterocycles. The van der Waals surface area contributed by atoms with Crippen molar-refractivity contribution in [2.24, 2.45) is 0 Å². The fourth-order valence-electron chi connectivity index (χ4n) is 2.65. The van der Waals surface area contributed by atoms with Crippen molar-refractivity contribution in [2.75, 3.05) is 19.9 Å². The molecule has 4 rings (SSSR count). The monoisotopic (exact) mass is 459 g/mol. The molecule has 0 saturated carbocycles. The average Bonchev–Trinajstić information content (AvgIpc) is 3.40. The Balaban J connectivity index is 1.20. The van der Waals surface area contributed by atoms with Gasteiger partial charge in [-0.2, -0.15) is 0 Å². The van der Waals surface area contributed by atoms with E-state index in [1.165, 1.54) is 0 Å². The summed E-state index contributed by atoms with van der Waals surface area (Å²) in [5.74, 6) is 3.19. The van der Waals surface area contributed by atoms with Gasteiger partial charge in [-0.3, -0.25) is 4.79 Å². The quantitative estimate of drug-likeness (QED) is 0.509. The van der Waals surface area contributed by atoms with E-state index in [1.807, 2.05) is 24.3 Å². The first-order valence-electron chi connectivity index (χ1n) is 8.95. The predicted octanol–water partition coefficient (Wildman–Crippen LogP) is 4.16. The zero-order valence-corrected chi connectivity index (χ0v) is 16.9. The number of hydrogen-bond donors (Lipinski definition) is 1. The van der Waals surface area contributed by atoms with Crippen LogP contribution in [0, 0.1) is 0 Å². The lowest BCUT2D eigenvalue weighted by Gasteiger charge is -2.07.